The molecule has 0 aliphatic carbocycles. The van der Waals surface area contributed by atoms with E-state index in [0.717, 1.165) is 0 Å². The summed E-state index contributed by atoms with van der Waals surface area (Å²) >= 11 is 0. The fourth-order valence-electron chi connectivity index (χ4n) is 0.489. The molecule has 0 aromatic rings. The SMILES string of the molecule is OC[CH][CH][CH][CH]COCCO.[C-]#[O+].[C-]#[O+].[C-]#[O+].[Fe]. The maximum atomic E-state index is 8.32. The molecule has 6 nitrogen and oxygen atoms in total. The van der Waals surface area contributed by atoms with Gasteiger partial charge in [-0.2, -0.15) is 0 Å². The van der Waals surface area contributed by atoms with Gasteiger partial charge in [-0.25, -0.2) is 0 Å². The Morgan fingerprint density at radius 3 is 1.72 bits per heavy atom. The van der Waals surface area contributed by atoms with Gasteiger partial charge in [0.25, 0.3) is 0 Å². The molecule has 0 saturated heterocycles. The van der Waals surface area contributed by atoms with Gasteiger partial charge in [-0.05, 0) is 25.7 Å². The molecule has 0 aliphatic heterocycles. The summed E-state index contributed by atoms with van der Waals surface area (Å²) in [5, 5.41) is 16.6. The second kappa shape index (κ2) is 54.6. The van der Waals surface area contributed by atoms with Crippen molar-refractivity contribution in [1.29, 1.82) is 0 Å². The van der Waals surface area contributed by atoms with Gasteiger partial charge in [-0.3, -0.25) is 0 Å². The van der Waals surface area contributed by atoms with E-state index in [1.165, 1.54) is 0 Å². The smallest absolute Gasteiger partial charge is 0 e. The summed E-state index contributed by atoms with van der Waals surface area (Å²) in [4.78, 5) is 0. The third kappa shape index (κ3) is 57.5. The van der Waals surface area contributed by atoms with Crippen LogP contribution in [0.3, 0.4) is 0 Å². The maximum absolute atomic E-state index is 8.32. The number of aliphatic hydroxyl groups excluding tert-OH is 2. The standard InChI is InChI=1S/C8H14O3.3CO.Fe/c9-5-3-1-2-4-7-11-8-6-10;3*1-2;/h1-4,9-10H,5-8H2;;;;. The predicted molar refractivity (Wildman–Crippen MR) is 54.0 cm³/mol. The molecule has 0 fully saturated rings. The first-order valence-corrected chi connectivity index (χ1v) is 4.14. The fraction of sp³-hybridized carbons (Fsp3) is 0.364. The van der Waals surface area contributed by atoms with E-state index in [-0.39, 0.29) is 30.3 Å². The van der Waals surface area contributed by atoms with Crippen molar-refractivity contribution in [2.75, 3.05) is 26.4 Å². The van der Waals surface area contributed by atoms with Crippen LogP contribution in [-0.2, 0) is 35.8 Å². The molecule has 7 heteroatoms. The number of aliphatic hydroxyl groups is 2. The molecule has 0 rings (SSSR count). The molecule has 0 amide bonds. The number of ether oxygens (including phenoxy) is 1. The van der Waals surface area contributed by atoms with Crippen molar-refractivity contribution in [3.8, 4) is 0 Å². The Morgan fingerprint density at radius 1 is 0.889 bits per heavy atom. The first-order valence-electron chi connectivity index (χ1n) is 4.14. The van der Waals surface area contributed by atoms with Crippen molar-refractivity contribution in [1.82, 2.24) is 0 Å². The van der Waals surface area contributed by atoms with Gasteiger partial charge in [0.2, 0.25) is 0 Å². The largest absolute Gasteiger partial charge is 0 e. The van der Waals surface area contributed by atoms with Crippen molar-refractivity contribution in [3.05, 3.63) is 45.6 Å². The van der Waals surface area contributed by atoms with Gasteiger partial charge in [0, 0.05) is 23.7 Å². The second-order valence-corrected chi connectivity index (χ2v) is 1.84. The summed E-state index contributed by atoms with van der Waals surface area (Å²) in [6, 6.07) is 0. The molecule has 0 heterocycles. The predicted octanol–water partition coefficient (Wildman–Crippen LogP) is -0.310. The van der Waals surface area contributed by atoms with Crippen molar-refractivity contribution in [2.24, 2.45) is 0 Å². The Hall–Kier alpha value is -0.381. The monoisotopic (exact) mass is 298 g/mol. The molecule has 102 valence electrons. The molecule has 0 aromatic carbocycles. The first-order chi connectivity index (χ1) is 8.41. The minimum atomic E-state index is 0. The minimum Gasteiger partial charge on any atom is 0 e. The first kappa shape index (κ1) is 30.6. The van der Waals surface area contributed by atoms with Gasteiger partial charge >= 0.3 is 33.9 Å². The summed E-state index contributed by atoms with van der Waals surface area (Å²) in [6.07, 6.45) is 6.96. The average Bonchev–Trinajstić information content (AvgIpc) is 2.45. The molecular weight excluding hydrogens is 284 g/mol. The maximum Gasteiger partial charge on any atom is 0 e. The number of rotatable bonds is 8. The minimum absolute atomic E-state index is 0. The van der Waals surface area contributed by atoms with Crippen LogP contribution in [0.2, 0.25) is 0 Å². The summed E-state index contributed by atoms with van der Waals surface area (Å²) in [7, 11) is 0. The van der Waals surface area contributed by atoms with E-state index in [4.69, 9.17) is 28.9 Å². The Bertz CT molecular complexity index is 135. The Balaban J connectivity index is -0.0000000700. The molecule has 0 atom stereocenters. The van der Waals surface area contributed by atoms with Crippen LogP contribution in [0.25, 0.3) is 0 Å². The molecular formula is C11H14FeO6. The van der Waals surface area contributed by atoms with Crippen LogP contribution >= 0.6 is 0 Å². The Kier molecular flexibility index (Phi) is 92.7. The normalized spacial score (nSPS) is 6.67. The van der Waals surface area contributed by atoms with E-state index in [9.17, 15) is 0 Å². The second-order valence-electron chi connectivity index (χ2n) is 1.84. The molecule has 18 heavy (non-hydrogen) atoms. The Morgan fingerprint density at radius 2 is 1.33 bits per heavy atom. The van der Waals surface area contributed by atoms with Gasteiger partial charge in [-0.1, -0.05) is 0 Å². The molecule has 0 spiro atoms. The molecule has 2 N–H and O–H groups in total. The van der Waals surface area contributed by atoms with Crippen LogP contribution < -0.4 is 0 Å². The van der Waals surface area contributed by atoms with E-state index < -0.39 is 0 Å². The van der Waals surface area contributed by atoms with Crippen molar-refractivity contribution >= 4 is 0 Å². The van der Waals surface area contributed by atoms with Crippen LogP contribution in [-0.4, -0.2) is 36.6 Å². The molecule has 0 bridgehead atoms. The zero-order chi connectivity index (χ0) is 14.4. The van der Waals surface area contributed by atoms with Gasteiger partial charge in [0.1, 0.15) is 0 Å². The van der Waals surface area contributed by atoms with E-state index in [0.29, 0.717) is 13.2 Å². The zero-order valence-electron chi connectivity index (χ0n) is 9.52. The zero-order valence-corrected chi connectivity index (χ0v) is 10.6. The van der Waals surface area contributed by atoms with Crippen molar-refractivity contribution in [3.63, 3.8) is 0 Å². The number of hydrogen-bond donors (Lipinski definition) is 2. The molecule has 0 unspecified atom stereocenters. The van der Waals surface area contributed by atoms with Crippen LogP contribution in [0.1, 0.15) is 0 Å². The quantitative estimate of drug-likeness (QED) is 0.277. The van der Waals surface area contributed by atoms with Crippen LogP contribution in [0.15, 0.2) is 0 Å². The Labute approximate surface area is 118 Å². The number of unbranched alkanes of at least 4 members (excludes halogenated alkanes) is 3. The van der Waals surface area contributed by atoms with Crippen LogP contribution in [0.4, 0.5) is 0 Å². The summed E-state index contributed by atoms with van der Waals surface area (Å²) in [6.45, 7) is 14.5. The molecule has 0 aromatic heterocycles. The van der Waals surface area contributed by atoms with Crippen LogP contribution in [0.5, 0.6) is 0 Å². The average molecular weight is 298 g/mol. The molecule has 4 radical (unpaired) electrons. The summed E-state index contributed by atoms with van der Waals surface area (Å²) in [5.41, 5.74) is 0. The van der Waals surface area contributed by atoms with E-state index in [2.05, 4.69) is 20.0 Å². The third-order valence-electron chi connectivity index (χ3n) is 0.938. The van der Waals surface area contributed by atoms with Gasteiger partial charge in [0.15, 0.2) is 0 Å². The fourth-order valence-corrected chi connectivity index (χ4v) is 0.489. The number of hydrogen-bond acceptors (Lipinski definition) is 3. The topological polar surface area (TPSA) is 109 Å². The third-order valence-corrected chi connectivity index (χ3v) is 0.938. The van der Waals surface area contributed by atoms with Gasteiger partial charge in [0.05, 0.1) is 19.8 Å². The van der Waals surface area contributed by atoms with Crippen molar-refractivity contribution in [2.45, 2.75) is 0 Å². The van der Waals surface area contributed by atoms with E-state index in [1.54, 1.807) is 19.3 Å². The molecule has 0 aliphatic rings. The summed E-state index contributed by atoms with van der Waals surface area (Å²) < 4.78 is 27.4. The van der Waals surface area contributed by atoms with Gasteiger partial charge in [-0.15, -0.1) is 0 Å². The van der Waals surface area contributed by atoms with Gasteiger partial charge < -0.3 is 14.9 Å². The molecule has 0 saturated carbocycles. The summed E-state index contributed by atoms with van der Waals surface area (Å²) in [5.74, 6) is 0. The van der Waals surface area contributed by atoms with E-state index >= 15 is 0 Å². The van der Waals surface area contributed by atoms with Crippen molar-refractivity contribution < 1.29 is 46.0 Å². The van der Waals surface area contributed by atoms with E-state index in [1.807, 2.05) is 6.42 Å². The van der Waals surface area contributed by atoms with Crippen LogP contribution in [0, 0.1) is 45.6 Å².